The number of carbonyl (C=O) groups is 1. The highest BCUT2D eigenvalue weighted by atomic mass is 32.2. The van der Waals surface area contributed by atoms with Crippen LogP contribution in [0.1, 0.15) is 39.0 Å². The Kier molecular flexibility index (Phi) is 5.05. The Hall–Kier alpha value is -1.76. The minimum atomic E-state index is 0.195. The number of likely N-dealkylation sites (tertiary alicyclic amines) is 1. The van der Waals surface area contributed by atoms with Crippen molar-refractivity contribution < 1.29 is 13.7 Å². The highest BCUT2D eigenvalue weighted by molar-refractivity contribution is 7.99. The van der Waals surface area contributed by atoms with Gasteiger partial charge >= 0.3 is 0 Å². The van der Waals surface area contributed by atoms with Crippen LogP contribution in [0.2, 0.25) is 0 Å². The highest BCUT2D eigenvalue weighted by Crippen LogP contribution is 2.24. The van der Waals surface area contributed by atoms with Crippen molar-refractivity contribution in [1.82, 2.24) is 15.0 Å². The molecule has 7 heteroatoms. The zero-order valence-corrected chi connectivity index (χ0v) is 14.2. The molecule has 1 aliphatic heterocycles. The third-order valence-electron chi connectivity index (χ3n) is 4.14. The highest BCUT2D eigenvalue weighted by Gasteiger charge is 2.28. The number of carbonyl (C=O) groups excluding carboxylic acids is 1. The lowest BCUT2D eigenvalue weighted by molar-refractivity contribution is -0.134. The molecular formula is C16H21N3O3S. The summed E-state index contributed by atoms with van der Waals surface area (Å²) in [6, 6.07) is 4.23. The zero-order valence-electron chi connectivity index (χ0n) is 13.4. The first kappa shape index (κ1) is 16.1. The van der Waals surface area contributed by atoms with Crippen LogP contribution in [0.25, 0.3) is 11.6 Å². The Morgan fingerprint density at radius 1 is 1.39 bits per heavy atom. The molecule has 2 atom stereocenters. The van der Waals surface area contributed by atoms with Gasteiger partial charge in [-0.05, 0) is 45.2 Å². The van der Waals surface area contributed by atoms with Gasteiger partial charge < -0.3 is 13.8 Å². The third kappa shape index (κ3) is 3.77. The molecule has 2 aromatic rings. The predicted octanol–water partition coefficient (Wildman–Crippen LogP) is 3.35. The minimum absolute atomic E-state index is 0.195. The second kappa shape index (κ2) is 7.21. The number of nitrogens with zero attached hydrogens (tertiary/aromatic N) is 3. The van der Waals surface area contributed by atoms with Gasteiger partial charge in [-0.2, -0.15) is 4.98 Å². The molecule has 0 spiro atoms. The summed E-state index contributed by atoms with van der Waals surface area (Å²) in [5, 5.41) is 3.88. The fraction of sp³-hybridized carbons (Fsp3) is 0.562. The fourth-order valence-corrected chi connectivity index (χ4v) is 3.75. The third-order valence-corrected chi connectivity index (χ3v) is 5.04. The summed E-state index contributed by atoms with van der Waals surface area (Å²) in [5.41, 5.74) is 0. The molecule has 0 bridgehead atoms. The van der Waals surface area contributed by atoms with Crippen molar-refractivity contribution in [1.29, 1.82) is 0 Å². The van der Waals surface area contributed by atoms with Gasteiger partial charge in [0.05, 0.1) is 17.8 Å². The molecule has 3 heterocycles. The maximum absolute atomic E-state index is 12.4. The molecule has 23 heavy (non-hydrogen) atoms. The summed E-state index contributed by atoms with van der Waals surface area (Å²) in [4.78, 5) is 18.7. The second-order valence-corrected chi connectivity index (χ2v) is 6.90. The predicted molar refractivity (Wildman–Crippen MR) is 87.8 cm³/mol. The molecule has 6 nitrogen and oxygen atoms in total. The van der Waals surface area contributed by atoms with Crippen LogP contribution in [0.15, 0.2) is 27.3 Å². The molecule has 1 fully saturated rings. The Morgan fingerprint density at radius 2 is 2.17 bits per heavy atom. The van der Waals surface area contributed by atoms with Crippen molar-refractivity contribution in [3.05, 3.63) is 24.3 Å². The summed E-state index contributed by atoms with van der Waals surface area (Å²) in [6.45, 7) is 4.26. The summed E-state index contributed by atoms with van der Waals surface area (Å²) in [6.07, 6.45) is 4.96. The molecule has 0 N–H and O–H groups in total. The van der Waals surface area contributed by atoms with Crippen LogP contribution in [0.4, 0.5) is 0 Å². The van der Waals surface area contributed by atoms with Gasteiger partial charge in [0.25, 0.3) is 0 Å². The minimum Gasteiger partial charge on any atom is -0.461 e. The Bertz CT molecular complexity index is 631. The maximum Gasteiger partial charge on any atom is 0.238 e. The van der Waals surface area contributed by atoms with E-state index < -0.39 is 0 Å². The van der Waals surface area contributed by atoms with E-state index in [9.17, 15) is 4.79 Å². The Labute approximate surface area is 139 Å². The monoisotopic (exact) mass is 335 g/mol. The summed E-state index contributed by atoms with van der Waals surface area (Å²) < 4.78 is 10.4. The van der Waals surface area contributed by atoms with Crippen LogP contribution >= 0.6 is 11.8 Å². The molecule has 0 saturated carbocycles. The van der Waals surface area contributed by atoms with Gasteiger partial charge in [0.2, 0.25) is 17.6 Å². The van der Waals surface area contributed by atoms with E-state index in [1.54, 1.807) is 18.4 Å². The lowest BCUT2D eigenvalue weighted by Gasteiger charge is -2.39. The van der Waals surface area contributed by atoms with Crippen LogP contribution in [-0.4, -0.2) is 38.8 Å². The van der Waals surface area contributed by atoms with E-state index in [0.29, 0.717) is 41.1 Å². The maximum atomic E-state index is 12.4. The molecule has 1 amide bonds. The van der Waals surface area contributed by atoms with Crippen LogP contribution in [-0.2, 0) is 10.5 Å². The van der Waals surface area contributed by atoms with Gasteiger partial charge in [-0.25, -0.2) is 0 Å². The molecule has 0 radical (unpaired) electrons. The van der Waals surface area contributed by atoms with Crippen molar-refractivity contribution in [2.24, 2.45) is 0 Å². The van der Waals surface area contributed by atoms with E-state index in [2.05, 4.69) is 24.0 Å². The van der Waals surface area contributed by atoms with Gasteiger partial charge in [0, 0.05) is 12.1 Å². The van der Waals surface area contributed by atoms with Crippen LogP contribution in [0.5, 0.6) is 0 Å². The lowest BCUT2D eigenvalue weighted by Crippen LogP contribution is -2.48. The van der Waals surface area contributed by atoms with E-state index in [1.807, 2.05) is 4.90 Å². The van der Waals surface area contributed by atoms with Crippen LogP contribution < -0.4 is 0 Å². The average molecular weight is 335 g/mol. The number of rotatable bonds is 5. The van der Waals surface area contributed by atoms with Gasteiger partial charge in [-0.15, -0.1) is 11.8 Å². The number of furan rings is 1. The van der Waals surface area contributed by atoms with Crippen LogP contribution in [0, 0.1) is 0 Å². The molecule has 3 rings (SSSR count). The molecule has 1 saturated heterocycles. The van der Waals surface area contributed by atoms with E-state index in [1.165, 1.54) is 18.2 Å². The van der Waals surface area contributed by atoms with Crippen molar-refractivity contribution in [2.45, 2.75) is 50.9 Å². The van der Waals surface area contributed by atoms with E-state index in [4.69, 9.17) is 8.94 Å². The lowest BCUT2D eigenvalue weighted by atomic mass is 9.98. The van der Waals surface area contributed by atoms with Crippen molar-refractivity contribution >= 4 is 17.7 Å². The van der Waals surface area contributed by atoms with Crippen molar-refractivity contribution in [2.75, 3.05) is 5.75 Å². The normalized spacial score (nSPS) is 21.6. The van der Waals surface area contributed by atoms with Gasteiger partial charge in [0.1, 0.15) is 0 Å². The molecule has 2 aromatic heterocycles. The molecular weight excluding hydrogens is 314 g/mol. The standard InChI is InChI=1S/C16H21N3O3S/c1-11-5-3-6-12(2)19(11)15(20)10-23-9-14-17-16(18-22-14)13-7-4-8-21-13/h4,7-8,11-12H,3,5-6,9-10H2,1-2H3/t11-,12-/m0/s1. The largest absolute Gasteiger partial charge is 0.461 e. The van der Waals surface area contributed by atoms with Crippen molar-refractivity contribution in [3.63, 3.8) is 0 Å². The average Bonchev–Trinajstić information content (AvgIpc) is 3.18. The molecule has 124 valence electrons. The first-order valence-corrected chi connectivity index (χ1v) is 9.06. The summed E-state index contributed by atoms with van der Waals surface area (Å²) in [5.74, 6) is 2.69. The first-order chi connectivity index (χ1) is 11.1. The molecule has 0 aliphatic carbocycles. The number of aromatic nitrogens is 2. The van der Waals surface area contributed by atoms with E-state index in [0.717, 1.165) is 12.8 Å². The summed E-state index contributed by atoms with van der Waals surface area (Å²) >= 11 is 1.50. The molecule has 1 aliphatic rings. The van der Waals surface area contributed by atoms with Crippen molar-refractivity contribution in [3.8, 4) is 11.6 Å². The number of amides is 1. The van der Waals surface area contributed by atoms with E-state index in [-0.39, 0.29) is 5.91 Å². The van der Waals surface area contributed by atoms with Gasteiger partial charge in [0.15, 0.2) is 5.76 Å². The van der Waals surface area contributed by atoms with Crippen LogP contribution in [0.3, 0.4) is 0 Å². The number of piperidine rings is 1. The Morgan fingerprint density at radius 3 is 2.87 bits per heavy atom. The SMILES string of the molecule is C[C@H]1CCC[C@H](C)N1C(=O)CSCc1nc(-c2ccco2)no1. The molecule has 0 unspecified atom stereocenters. The molecule has 0 aromatic carbocycles. The van der Waals surface area contributed by atoms with Gasteiger partial charge in [-0.3, -0.25) is 4.79 Å². The fourth-order valence-electron chi connectivity index (χ4n) is 3.03. The van der Waals surface area contributed by atoms with E-state index >= 15 is 0 Å². The number of thioether (sulfide) groups is 1. The quantitative estimate of drug-likeness (QED) is 0.834. The summed E-state index contributed by atoms with van der Waals surface area (Å²) in [7, 11) is 0. The second-order valence-electron chi connectivity index (χ2n) is 5.91. The zero-order chi connectivity index (χ0) is 16.2. The number of hydrogen-bond acceptors (Lipinski definition) is 6. The topological polar surface area (TPSA) is 72.4 Å². The Balaban J connectivity index is 1.50. The number of hydrogen-bond donors (Lipinski definition) is 0. The first-order valence-electron chi connectivity index (χ1n) is 7.90. The smallest absolute Gasteiger partial charge is 0.238 e. The van der Waals surface area contributed by atoms with Gasteiger partial charge in [-0.1, -0.05) is 5.16 Å².